The lowest BCUT2D eigenvalue weighted by Crippen LogP contribution is -2.02. The molecule has 1 aromatic rings. The third-order valence-corrected chi connectivity index (χ3v) is 2.57. The summed E-state index contributed by atoms with van der Waals surface area (Å²) in [5, 5.41) is 3.33. The number of alkyl halides is 1. The third-order valence-electron chi connectivity index (χ3n) is 2.30. The van der Waals surface area contributed by atoms with Crippen LogP contribution in [0.1, 0.15) is 18.9 Å². The third kappa shape index (κ3) is 3.63. The molecule has 0 aromatic heterocycles. The molecule has 1 rings (SSSR count). The summed E-state index contributed by atoms with van der Waals surface area (Å²) in [7, 11) is 1.70. The molecule has 0 aliphatic heterocycles. The molecule has 0 aliphatic carbocycles. The lowest BCUT2D eigenvalue weighted by molar-refractivity contribution is 0.410. The predicted molar refractivity (Wildman–Crippen MR) is 66.2 cm³/mol. The first-order chi connectivity index (χ1) is 7.31. The monoisotopic (exact) mass is 227 g/mol. The van der Waals surface area contributed by atoms with E-state index >= 15 is 0 Å². The first-order valence-electron chi connectivity index (χ1n) is 5.28. The van der Waals surface area contributed by atoms with Gasteiger partial charge < -0.3 is 10.1 Å². The second-order valence-electron chi connectivity index (χ2n) is 3.35. The normalized spacial score (nSPS) is 10.1. The summed E-state index contributed by atoms with van der Waals surface area (Å²) in [5.74, 6) is 1.66. The van der Waals surface area contributed by atoms with E-state index in [0.717, 1.165) is 30.8 Å². The molecule has 0 saturated heterocycles. The summed E-state index contributed by atoms with van der Waals surface area (Å²) >= 11 is 5.61. The quantitative estimate of drug-likeness (QED) is 0.595. The Labute approximate surface area is 96.6 Å². The molecule has 15 heavy (non-hydrogen) atoms. The molecule has 0 aliphatic rings. The van der Waals surface area contributed by atoms with E-state index in [0.29, 0.717) is 5.88 Å². The molecule has 0 bridgehead atoms. The first kappa shape index (κ1) is 12.2. The summed E-state index contributed by atoms with van der Waals surface area (Å²) in [6.07, 6.45) is 1.96. The van der Waals surface area contributed by atoms with Gasteiger partial charge in [-0.25, -0.2) is 0 Å². The summed E-state index contributed by atoms with van der Waals surface area (Å²) in [6.45, 7) is 3.04. The SMILES string of the molecule is CCc1cc(NCCCCl)ccc1OC. The molecule has 0 amide bonds. The Morgan fingerprint density at radius 2 is 2.20 bits per heavy atom. The average molecular weight is 228 g/mol. The first-order valence-corrected chi connectivity index (χ1v) is 5.82. The molecule has 84 valence electrons. The highest BCUT2D eigenvalue weighted by Gasteiger charge is 2.01. The molecule has 0 unspecified atom stereocenters. The van der Waals surface area contributed by atoms with Crippen LogP contribution in [0.3, 0.4) is 0 Å². The molecule has 0 atom stereocenters. The van der Waals surface area contributed by atoms with E-state index in [1.54, 1.807) is 7.11 Å². The molecule has 2 nitrogen and oxygen atoms in total. The molecular formula is C12H18ClNO. The lowest BCUT2D eigenvalue weighted by atomic mass is 10.1. The highest BCUT2D eigenvalue weighted by Crippen LogP contribution is 2.22. The lowest BCUT2D eigenvalue weighted by Gasteiger charge is -2.10. The van der Waals surface area contributed by atoms with Gasteiger partial charge >= 0.3 is 0 Å². The van der Waals surface area contributed by atoms with Crippen molar-refractivity contribution in [1.82, 2.24) is 0 Å². The van der Waals surface area contributed by atoms with Crippen LogP contribution in [0.25, 0.3) is 0 Å². The van der Waals surface area contributed by atoms with Crippen LogP contribution in [0.2, 0.25) is 0 Å². The van der Waals surface area contributed by atoms with E-state index in [1.807, 2.05) is 12.1 Å². The zero-order chi connectivity index (χ0) is 11.1. The minimum absolute atomic E-state index is 0.698. The van der Waals surface area contributed by atoms with Crippen LogP contribution < -0.4 is 10.1 Å². The van der Waals surface area contributed by atoms with Crippen molar-refractivity contribution < 1.29 is 4.74 Å². The standard InChI is InChI=1S/C12H18ClNO/c1-3-10-9-11(14-8-4-7-13)5-6-12(10)15-2/h5-6,9,14H,3-4,7-8H2,1-2H3. The number of rotatable bonds is 6. The van der Waals surface area contributed by atoms with Crippen LogP contribution in [-0.4, -0.2) is 19.5 Å². The van der Waals surface area contributed by atoms with Gasteiger partial charge in [0.25, 0.3) is 0 Å². The fourth-order valence-electron chi connectivity index (χ4n) is 1.46. The molecule has 0 radical (unpaired) electrons. The molecule has 3 heteroatoms. The number of anilines is 1. The Kier molecular flexibility index (Phi) is 5.33. The number of hydrogen-bond donors (Lipinski definition) is 1. The van der Waals surface area contributed by atoms with Gasteiger partial charge in [-0.3, -0.25) is 0 Å². The van der Waals surface area contributed by atoms with Gasteiger partial charge in [-0.1, -0.05) is 6.92 Å². The topological polar surface area (TPSA) is 21.3 Å². The molecule has 0 saturated carbocycles. The van der Waals surface area contributed by atoms with E-state index in [-0.39, 0.29) is 0 Å². The zero-order valence-corrected chi connectivity index (χ0v) is 10.1. The van der Waals surface area contributed by atoms with Gasteiger partial charge in [0.05, 0.1) is 7.11 Å². The molecule has 1 aromatic carbocycles. The maximum absolute atomic E-state index is 5.61. The number of nitrogens with one attached hydrogen (secondary N) is 1. The van der Waals surface area contributed by atoms with Gasteiger partial charge in [0.1, 0.15) is 5.75 Å². The van der Waals surface area contributed by atoms with Gasteiger partial charge in [-0.15, -0.1) is 11.6 Å². The van der Waals surface area contributed by atoms with Crippen molar-refractivity contribution in [2.24, 2.45) is 0 Å². The largest absolute Gasteiger partial charge is 0.496 e. The number of ether oxygens (including phenoxy) is 1. The highest BCUT2D eigenvalue weighted by atomic mass is 35.5. The van der Waals surface area contributed by atoms with E-state index < -0.39 is 0 Å². The Morgan fingerprint density at radius 3 is 2.80 bits per heavy atom. The number of benzene rings is 1. The second kappa shape index (κ2) is 6.57. The molecule has 0 spiro atoms. The van der Waals surface area contributed by atoms with E-state index in [4.69, 9.17) is 16.3 Å². The Hall–Kier alpha value is -0.890. The maximum atomic E-state index is 5.61. The van der Waals surface area contributed by atoms with E-state index in [2.05, 4.69) is 18.3 Å². The van der Waals surface area contributed by atoms with Crippen molar-refractivity contribution in [3.05, 3.63) is 23.8 Å². The summed E-state index contributed by atoms with van der Waals surface area (Å²) in [4.78, 5) is 0. The van der Waals surface area contributed by atoms with Crippen LogP contribution in [0.4, 0.5) is 5.69 Å². The fourth-order valence-corrected chi connectivity index (χ4v) is 1.60. The van der Waals surface area contributed by atoms with Crippen LogP contribution in [0, 0.1) is 0 Å². The van der Waals surface area contributed by atoms with E-state index in [9.17, 15) is 0 Å². The summed E-state index contributed by atoms with van der Waals surface area (Å²) < 4.78 is 5.27. The van der Waals surface area contributed by atoms with Crippen LogP contribution >= 0.6 is 11.6 Å². The van der Waals surface area contributed by atoms with Crippen LogP contribution in [0.15, 0.2) is 18.2 Å². The molecular weight excluding hydrogens is 210 g/mol. The smallest absolute Gasteiger partial charge is 0.122 e. The zero-order valence-electron chi connectivity index (χ0n) is 9.35. The van der Waals surface area contributed by atoms with Gasteiger partial charge in [0.15, 0.2) is 0 Å². The van der Waals surface area contributed by atoms with Crippen molar-refractivity contribution in [3.63, 3.8) is 0 Å². The fraction of sp³-hybridized carbons (Fsp3) is 0.500. The molecule has 0 heterocycles. The number of methoxy groups -OCH3 is 1. The van der Waals surface area contributed by atoms with Crippen molar-refractivity contribution in [2.75, 3.05) is 24.9 Å². The van der Waals surface area contributed by atoms with Gasteiger partial charge in [0.2, 0.25) is 0 Å². The Balaban J connectivity index is 2.66. The van der Waals surface area contributed by atoms with Crippen molar-refractivity contribution in [3.8, 4) is 5.75 Å². The van der Waals surface area contributed by atoms with Crippen molar-refractivity contribution in [1.29, 1.82) is 0 Å². The minimum Gasteiger partial charge on any atom is -0.496 e. The van der Waals surface area contributed by atoms with Gasteiger partial charge in [-0.05, 0) is 36.6 Å². The number of aryl methyl sites for hydroxylation is 1. The minimum atomic E-state index is 0.698. The van der Waals surface area contributed by atoms with Crippen LogP contribution in [0.5, 0.6) is 5.75 Å². The van der Waals surface area contributed by atoms with Crippen molar-refractivity contribution >= 4 is 17.3 Å². The molecule has 1 N–H and O–H groups in total. The van der Waals surface area contributed by atoms with Gasteiger partial charge in [0, 0.05) is 18.1 Å². The maximum Gasteiger partial charge on any atom is 0.122 e. The Bertz CT molecular complexity index is 302. The highest BCUT2D eigenvalue weighted by molar-refractivity contribution is 6.17. The summed E-state index contributed by atoms with van der Waals surface area (Å²) in [6, 6.07) is 6.17. The second-order valence-corrected chi connectivity index (χ2v) is 3.73. The van der Waals surface area contributed by atoms with E-state index in [1.165, 1.54) is 5.56 Å². The molecule has 0 fully saturated rings. The van der Waals surface area contributed by atoms with Crippen molar-refractivity contribution in [2.45, 2.75) is 19.8 Å². The number of hydrogen-bond acceptors (Lipinski definition) is 2. The Morgan fingerprint density at radius 1 is 1.40 bits per heavy atom. The number of halogens is 1. The summed E-state index contributed by atoms with van der Waals surface area (Å²) in [5.41, 5.74) is 2.37. The average Bonchev–Trinajstić information content (AvgIpc) is 2.29. The van der Waals surface area contributed by atoms with Gasteiger partial charge in [-0.2, -0.15) is 0 Å². The van der Waals surface area contributed by atoms with Crippen LogP contribution in [-0.2, 0) is 6.42 Å². The predicted octanol–water partition coefficient (Wildman–Crippen LogP) is 3.30.